The minimum absolute atomic E-state index is 0.0109. The van der Waals surface area contributed by atoms with Crippen LogP contribution in [0.1, 0.15) is 17.9 Å². The van der Waals surface area contributed by atoms with E-state index in [9.17, 15) is 4.79 Å². The molecule has 27 heavy (non-hydrogen) atoms. The second-order valence-electron chi connectivity index (χ2n) is 5.96. The number of hydrogen-bond acceptors (Lipinski definition) is 5. The number of carbonyl (C=O) groups is 1. The summed E-state index contributed by atoms with van der Waals surface area (Å²) in [6.45, 7) is 0.448. The summed E-state index contributed by atoms with van der Waals surface area (Å²) < 4.78 is 10.7. The van der Waals surface area contributed by atoms with Gasteiger partial charge in [-0.1, -0.05) is 23.7 Å². The van der Waals surface area contributed by atoms with Gasteiger partial charge >= 0.3 is 0 Å². The molecule has 0 spiro atoms. The Morgan fingerprint density at radius 2 is 1.81 bits per heavy atom. The van der Waals surface area contributed by atoms with E-state index in [1.54, 1.807) is 19.2 Å². The van der Waals surface area contributed by atoms with E-state index in [-0.39, 0.29) is 5.91 Å². The normalized spacial score (nSPS) is 10.6. The largest absolute Gasteiger partial charge is 0.497 e. The number of nitrogens with zero attached hydrogens (tertiary/aromatic N) is 2. The summed E-state index contributed by atoms with van der Waals surface area (Å²) >= 11 is 5.87. The van der Waals surface area contributed by atoms with Crippen LogP contribution in [0.4, 0.5) is 0 Å². The smallest absolute Gasteiger partial charge is 0.247 e. The minimum Gasteiger partial charge on any atom is -0.497 e. The van der Waals surface area contributed by atoms with E-state index in [4.69, 9.17) is 20.8 Å². The predicted octanol–water partition coefficient (Wildman–Crippen LogP) is 3.69. The van der Waals surface area contributed by atoms with E-state index in [1.807, 2.05) is 36.4 Å². The van der Waals surface area contributed by atoms with E-state index < -0.39 is 0 Å². The highest BCUT2D eigenvalue weighted by atomic mass is 35.5. The van der Waals surface area contributed by atoms with Gasteiger partial charge in [0.1, 0.15) is 5.75 Å². The number of amides is 1. The zero-order valence-corrected chi connectivity index (χ0v) is 15.7. The third-order valence-electron chi connectivity index (χ3n) is 4.02. The molecule has 0 saturated carbocycles. The van der Waals surface area contributed by atoms with E-state index in [0.29, 0.717) is 42.6 Å². The maximum absolute atomic E-state index is 12.0. The summed E-state index contributed by atoms with van der Waals surface area (Å²) in [7, 11) is 1.63. The quantitative estimate of drug-likeness (QED) is 0.639. The number of nitrogens with one attached hydrogen (secondary N) is 1. The fraction of sp³-hybridized carbons (Fsp3) is 0.250. The van der Waals surface area contributed by atoms with Crippen molar-refractivity contribution in [3.05, 3.63) is 65.0 Å². The van der Waals surface area contributed by atoms with Crippen LogP contribution in [0.2, 0.25) is 5.02 Å². The molecule has 3 aromatic rings. The van der Waals surface area contributed by atoms with Crippen LogP contribution in [0, 0.1) is 0 Å². The molecule has 1 heterocycles. The van der Waals surface area contributed by atoms with Crippen LogP contribution in [-0.2, 0) is 17.6 Å². The fourth-order valence-electron chi connectivity index (χ4n) is 2.51. The highest BCUT2D eigenvalue weighted by Gasteiger charge is 2.09. The van der Waals surface area contributed by atoms with Crippen molar-refractivity contribution in [2.75, 3.05) is 13.7 Å². The summed E-state index contributed by atoms with van der Waals surface area (Å²) in [5.41, 5.74) is 1.90. The van der Waals surface area contributed by atoms with Gasteiger partial charge in [-0.2, -0.15) is 0 Å². The monoisotopic (exact) mass is 385 g/mol. The minimum atomic E-state index is -0.0109. The summed E-state index contributed by atoms with van der Waals surface area (Å²) in [6.07, 6.45) is 1.58. The van der Waals surface area contributed by atoms with Crippen molar-refractivity contribution < 1.29 is 13.9 Å². The number of aromatic nitrogens is 2. The molecule has 3 rings (SSSR count). The molecule has 0 aliphatic rings. The standard InChI is InChI=1S/C20H20ClN3O3/c1-26-17-9-2-14(3-10-17)4-11-18(25)22-13-12-19-23-24-20(27-19)15-5-7-16(21)8-6-15/h2-3,5-10H,4,11-13H2,1H3,(H,22,25). The number of hydrogen-bond donors (Lipinski definition) is 1. The molecule has 7 heteroatoms. The fourth-order valence-corrected chi connectivity index (χ4v) is 2.64. The number of halogens is 1. The summed E-state index contributed by atoms with van der Waals surface area (Å²) in [4.78, 5) is 12.0. The van der Waals surface area contributed by atoms with Gasteiger partial charge in [0.05, 0.1) is 7.11 Å². The maximum atomic E-state index is 12.0. The Morgan fingerprint density at radius 1 is 1.07 bits per heavy atom. The molecule has 0 fully saturated rings. The van der Waals surface area contributed by atoms with Crippen LogP contribution in [0.5, 0.6) is 5.75 Å². The molecular formula is C20H20ClN3O3. The van der Waals surface area contributed by atoms with Gasteiger partial charge in [0.25, 0.3) is 0 Å². The van der Waals surface area contributed by atoms with Gasteiger partial charge < -0.3 is 14.5 Å². The van der Waals surface area contributed by atoms with Gasteiger partial charge in [0.2, 0.25) is 17.7 Å². The molecular weight excluding hydrogens is 366 g/mol. The molecule has 0 atom stereocenters. The Labute approximate surface area is 162 Å². The Morgan fingerprint density at radius 3 is 2.52 bits per heavy atom. The van der Waals surface area contributed by atoms with Crippen LogP contribution in [0.15, 0.2) is 52.9 Å². The Kier molecular flexibility index (Phi) is 6.44. The van der Waals surface area contributed by atoms with Gasteiger partial charge in [0.15, 0.2) is 0 Å². The molecule has 1 amide bonds. The summed E-state index contributed by atoms with van der Waals surface area (Å²) in [6, 6.07) is 14.9. The number of benzene rings is 2. The van der Waals surface area contributed by atoms with Crippen molar-refractivity contribution in [3.63, 3.8) is 0 Å². The number of aryl methyl sites for hydroxylation is 1. The van der Waals surface area contributed by atoms with Gasteiger partial charge in [-0.25, -0.2) is 0 Å². The van der Waals surface area contributed by atoms with Gasteiger partial charge in [0, 0.05) is 30.0 Å². The number of carbonyl (C=O) groups excluding carboxylic acids is 1. The molecule has 0 unspecified atom stereocenters. The van der Waals surface area contributed by atoms with E-state index in [0.717, 1.165) is 16.9 Å². The molecule has 140 valence electrons. The lowest BCUT2D eigenvalue weighted by molar-refractivity contribution is -0.121. The van der Waals surface area contributed by atoms with Crippen LogP contribution in [0.25, 0.3) is 11.5 Å². The molecule has 1 N–H and O–H groups in total. The number of ether oxygens (including phenoxy) is 1. The number of rotatable bonds is 8. The first kappa shape index (κ1) is 18.9. The van der Waals surface area contributed by atoms with Gasteiger partial charge in [-0.3, -0.25) is 4.79 Å². The van der Waals surface area contributed by atoms with Crippen LogP contribution >= 0.6 is 11.6 Å². The average Bonchev–Trinajstić information content (AvgIpc) is 3.16. The Balaban J connectivity index is 1.41. The van der Waals surface area contributed by atoms with Crippen molar-refractivity contribution in [2.24, 2.45) is 0 Å². The first-order chi connectivity index (χ1) is 13.1. The molecule has 0 bridgehead atoms. The lowest BCUT2D eigenvalue weighted by atomic mass is 10.1. The van der Waals surface area contributed by atoms with Crippen LogP contribution < -0.4 is 10.1 Å². The SMILES string of the molecule is COc1ccc(CCC(=O)NCCc2nnc(-c3ccc(Cl)cc3)o2)cc1. The zero-order chi connectivity index (χ0) is 19.1. The highest BCUT2D eigenvalue weighted by molar-refractivity contribution is 6.30. The van der Waals surface area contributed by atoms with Crippen molar-refractivity contribution in [1.82, 2.24) is 15.5 Å². The molecule has 0 aliphatic heterocycles. The Hall–Kier alpha value is -2.86. The second kappa shape index (κ2) is 9.19. The molecule has 1 aromatic heterocycles. The predicted molar refractivity (Wildman–Crippen MR) is 103 cm³/mol. The topological polar surface area (TPSA) is 77.2 Å². The van der Waals surface area contributed by atoms with Crippen molar-refractivity contribution in [2.45, 2.75) is 19.3 Å². The maximum Gasteiger partial charge on any atom is 0.247 e. The molecule has 0 saturated heterocycles. The van der Waals surface area contributed by atoms with E-state index in [1.165, 1.54) is 0 Å². The molecule has 0 radical (unpaired) electrons. The average molecular weight is 386 g/mol. The Bertz CT molecular complexity index is 876. The molecule has 0 aliphatic carbocycles. The van der Waals surface area contributed by atoms with E-state index in [2.05, 4.69) is 15.5 Å². The third kappa shape index (κ3) is 5.56. The van der Waals surface area contributed by atoms with Gasteiger partial charge in [-0.15, -0.1) is 10.2 Å². The van der Waals surface area contributed by atoms with Crippen molar-refractivity contribution >= 4 is 17.5 Å². The first-order valence-electron chi connectivity index (χ1n) is 8.62. The van der Waals surface area contributed by atoms with Crippen molar-refractivity contribution in [1.29, 1.82) is 0 Å². The zero-order valence-electron chi connectivity index (χ0n) is 14.9. The van der Waals surface area contributed by atoms with E-state index >= 15 is 0 Å². The van der Waals surface area contributed by atoms with Crippen LogP contribution in [-0.4, -0.2) is 29.8 Å². The second-order valence-corrected chi connectivity index (χ2v) is 6.39. The van der Waals surface area contributed by atoms with Crippen LogP contribution in [0.3, 0.4) is 0 Å². The van der Waals surface area contributed by atoms with Crippen molar-refractivity contribution in [3.8, 4) is 17.2 Å². The van der Waals surface area contributed by atoms with Gasteiger partial charge in [-0.05, 0) is 48.4 Å². The first-order valence-corrected chi connectivity index (χ1v) is 9.00. The molecule has 2 aromatic carbocycles. The third-order valence-corrected chi connectivity index (χ3v) is 4.27. The lowest BCUT2D eigenvalue weighted by Crippen LogP contribution is -2.25. The summed E-state index contributed by atoms with van der Waals surface area (Å²) in [5.74, 6) is 1.71. The number of methoxy groups -OCH3 is 1. The highest BCUT2D eigenvalue weighted by Crippen LogP contribution is 2.20. The molecule has 6 nitrogen and oxygen atoms in total. The lowest BCUT2D eigenvalue weighted by Gasteiger charge is -2.05. The summed E-state index contributed by atoms with van der Waals surface area (Å²) in [5, 5.41) is 11.6.